The van der Waals surface area contributed by atoms with E-state index in [1.165, 1.54) is 22.7 Å². The molecule has 2 aromatic rings. The van der Waals surface area contributed by atoms with Crippen LogP contribution in [0.25, 0.3) is 0 Å². The first kappa shape index (κ1) is 9.93. The largest absolute Gasteiger partial charge is 0.288 e. The van der Waals surface area contributed by atoms with Crippen molar-refractivity contribution in [1.29, 1.82) is 0 Å². The van der Waals surface area contributed by atoms with Gasteiger partial charge in [-0.2, -0.15) is 0 Å². The summed E-state index contributed by atoms with van der Waals surface area (Å²) in [4.78, 5) is 26.5. The maximum Gasteiger partial charge on any atom is 0.214 e. The Balaban J connectivity index is 2.27. The molecule has 80 valence electrons. The van der Waals surface area contributed by atoms with Gasteiger partial charge in [0, 0.05) is 16.0 Å². The van der Waals surface area contributed by atoms with Gasteiger partial charge in [-0.3, -0.25) is 9.59 Å². The van der Waals surface area contributed by atoms with Crippen LogP contribution in [-0.2, 0) is 6.42 Å². The molecule has 0 spiro atoms. The van der Waals surface area contributed by atoms with Crippen molar-refractivity contribution >= 4 is 34.2 Å². The molecule has 0 N–H and O–H groups in total. The number of thiophene rings is 2. The standard InChI is InChI=1S/C12H8O2S2/c1-2-6-5-8-9(13)7-3-4-15-11(7)10(14)12(8)16-6/h3-5H,2H2,1H3. The monoisotopic (exact) mass is 248 g/mol. The molecule has 0 atom stereocenters. The van der Waals surface area contributed by atoms with Crippen LogP contribution in [0.2, 0.25) is 0 Å². The highest BCUT2D eigenvalue weighted by molar-refractivity contribution is 7.17. The minimum Gasteiger partial charge on any atom is -0.288 e. The van der Waals surface area contributed by atoms with Crippen LogP contribution >= 0.6 is 22.7 Å². The molecule has 2 aromatic heterocycles. The van der Waals surface area contributed by atoms with Gasteiger partial charge in [0.05, 0.1) is 9.75 Å². The Morgan fingerprint density at radius 2 is 1.94 bits per heavy atom. The first-order valence-corrected chi connectivity index (χ1v) is 6.71. The van der Waals surface area contributed by atoms with E-state index < -0.39 is 0 Å². The van der Waals surface area contributed by atoms with Gasteiger partial charge in [-0.1, -0.05) is 6.92 Å². The second-order valence-electron chi connectivity index (χ2n) is 3.63. The van der Waals surface area contributed by atoms with Crippen molar-refractivity contribution in [3.8, 4) is 0 Å². The van der Waals surface area contributed by atoms with Gasteiger partial charge >= 0.3 is 0 Å². The van der Waals surface area contributed by atoms with Gasteiger partial charge in [0.2, 0.25) is 5.78 Å². The molecule has 0 unspecified atom stereocenters. The fourth-order valence-electron chi connectivity index (χ4n) is 1.87. The van der Waals surface area contributed by atoms with Crippen LogP contribution in [0.5, 0.6) is 0 Å². The lowest BCUT2D eigenvalue weighted by Gasteiger charge is -2.08. The van der Waals surface area contributed by atoms with Crippen LogP contribution in [0.4, 0.5) is 0 Å². The van der Waals surface area contributed by atoms with E-state index in [-0.39, 0.29) is 11.6 Å². The molecule has 1 aliphatic carbocycles. The molecule has 0 aliphatic heterocycles. The van der Waals surface area contributed by atoms with Gasteiger partial charge in [0.25, 0.3) is 0 Å². The minimum absolute atomic E-state index is 0.00167. The molecule has 16 heavy (non-hydrogen) atoms. The molecule has 0 saturated heterocycles. The number of carbonyl (C=O) groups is 2. The molecule has 0 bridgehead atoms. The zero-order valence-electron chi connectivity index (χ0n) is 8.57. The maximum atomic E-state index is 12.1. The topological polar surface area (TPSA) is 34.1 Å². The molecule has 0 amide bonds. The highest BCUT2D eigenvalue weighted by Crippen LogP contribution is 2.35. The molecule has 2 nitrogen and oxygen atoms in total. The van der Waals surface area contributed by atoms with Gasteiger partial charge in [-0.15, -0.1) is 22.7 Å². The third-order valence-corrected chi connectivity index (χ3v) is 4.89. The lowest BCUT2D eigenvalue weighted by atomic mass is 9.95. The lowest BCUT2D eigenvalue weighted by molar-refractivity contribution is 0.0986. The van der Waals surface area contributed by atoms with Crippen LogP contribution in [-0.4, -0.2) is 11.6 Å². The number of fused-ring (bicyclic) bond motifs is 2. The molecular formula is C12H8O2S2. The lowest BCUT2D eigenvalue weighted by Crippen LogP contribution is -2.15. The first-order chi connectivity index (χ1) is 7.72. The van der Waals surface area contributed by atoms with Crippen LogP contribution < -0.4 is 0 Å². The van der Waals surface area contributed by atoms with Crippen LogP contribution in [0.1, 0.15) is 42.3 Å². The Morgan fingerprint density at radius 1 is 1.12 bits per heavy atom. The van der Waals surface area contributed by atoms with Gasteiger partial charge < -0.3 is 0 Å². The summed E-state index contributed by atoms with van der Waals surface area (Å²) in [6, 6.07) is 3.60. The van der Waals surface area contributed by atoms with Gasteiger partial charge in [0.15, 0.2) is 5.78 Å². The molecule has 2 heterocycles. The van der Waals surface area contributed by atoms with E-state index in [2.05, 4.69) is 0 Å². The summed E-state index contributed by atoms with van der Waals surface area (Å²) in [6.07, 6.45) is 0.867. The summed E-state index contributed by atoms with van der Waals surface area (Å²) in [6.45, 7) is 2.03. The van der Waals surface area contributed by atoms with Crippen molar-refractivity contribution in [2.45, 2.75) is 13.3 Å². The molecule has 0 radical (unpaired) electrons. The van der Waals surface area contributed by atoms with Crippen molar-refractivity contribution < 1.29 is 9.59 Å². The van der Waals surface area contributed by atoms with Crippen LogP contribution in [0, 0.1) is 0 Å². The van der Waals surface area contributed by atoms with Crippen LogP contribution in [0.3, 0.4) is 0 Å². The summed E-state index contributed by atoms with van der Waals surface area (Å²) in [5.74, 6) is 0.0195. The Morgan fingerprint density at radius 3 is 2.69 bits per heavy atom. The van der Waals surface area contributed by atoms with E-state index in [9.17, 15) is 9.59 Å². The number of hydrogen-bond donors (Lipinski definition) is 0. The van der Waals surface area contributed by atoms with Crippen molar-refractivity contribution in [3.63, 3.8) is 0 Å². The molecular weight excluding hydrogens is 240 g/mol. The zero-order chi connectivity index (χ0) is 11.3. The molecule has 3 rings (SSSR count). The molecule has 0 saturated carbocycles. The third kappa shape index (κ3) is 1.17. The summed E-state index contributed by atoms with van der Waals surface area (Å²) < 4.78 is 0. The fourth-order valence-corrected chi connectivity index (χ4v) is 3.81. The van der Waals surface area contributed by atoms with E-state index in [1.807, 2.05) is 13.0 Å². The Hall–Kier alpha value is -1.26. The maximum absolute atomic E-state index is 12.1. The van der Waals surface area contributed by atoms with Gasteiger partial charge in [0.1, 0.15) is 0 Å². The highest BCUT2D eigenvalue weighted by atomic mass is 32.1. The third-order valence-electron chi connectivity index (χ3n) is 2.70. The molecule has 0 aromatic carbocycles. The normalized spacial score (nSPS) is 13.8. The average Bonchev–Trinajstić information content (AvgIpc) is 2.92. The van der Waals surface area contributed by atoms with Crippen LogP contribution in [0.15, 0.2) is 17.5 Å². The van der Waals surface area contributed by atoms with Crippen molar-refractivity contribution in [1.82, 2.24) is 0 Å². The van der Waals surface area contributed by atoms with E-state index in [0.29, 0.717) is 20.9 Å². The van der Waals surface area contributed by atoms with Gasteiger partial charge in [-0.05, 0) is 23.9 Å². The molecule has 4 heteroatoms. The number of aryl methyl sites for hydroxylation is 1. The van der Waals surface area contributed by atoms with E-state index >= 15 is 0 Å². The predicted molar refractivity (Wildman–Crippen MR) is 64.9 cm³/mol. The number of rotatable bonds is 1. The number of hydrogen-bond acceptors (Lipinski definition) is 4. The number of carbonyl (C=O) groups excluding carboxylic acids is 2. The minimum atomic E-state index is 0.00167. The fraction of sp³-hybridized carbons (Fsp3) is 0.167. The molecule has 0 fully saturated rings. The second-order valence-corrected chi connectivity index (χ2v) is 5.68. The van der Waals surface area contributed by atoms with Crippen molar-refractivity contribution in [3.05, 3.63) is 43.3 Å². The highest BCUT2D eigenvalue weighted by Gasteiger charge is 2.32. The predicted octanol–water partition coefficient (Wildman–Crippen LogP) is 3.15. The smallest absolute Gasteiger partial charge is 0.214 e. The van der Waals surface area contributed by atoms with Gasteiger partial charge in [-0.25, -0.2) is 0 Å². The SMILES string of the molecule is CCc1cc2c(s1)C(=O)c1sccc1C2=O. The summed E-state index contributed by atoms with van der Waals surface area (Å²) in [5.41, 5.74) is 1.17. The first-order valence-electron chi connectivity index (χ1n) is 5.02. The van der Waals surface area contributed by atoms with E-state index in [4.69, 9.17) is 0 Å². The van der Waals surface area contributed by atoms with E-state index in [1.54, 1.807) is 11.4 Å². The number of ketones is 2. The zero-order valence-corrected chi connectivity index (χ0v) is 10.2. The van der Waals surface area contributed by atoms with Crippen molar-refractivity contribution in [2.75, 3.05) is 0 Å². The molecule has 1 aliphatic rings. The van der Waals surface area contributed by atoms with Crippen molar-refractivity contribution in [2.24, 2.45) is 0 Å². The summed E-state index contributed by atoms with van der Waals surface area (Å²) >= 11 is 2.80. The Labute approximate surface area is 101 Å². The Bertz CT molecular complexity index is 556. The average molecular weight is 248 g/mol. The summed E-state index contributed by atoms with van der Waals surface area (Å²) in [7, 11) is 0. The summed E-state index contributed by atoms with van der Waals surface area (Å²) in [5, 5.41) is 1.80. The second kappa shape index (κ2) is 3.37. The Kier molecular flexibility index (Phi) is 2.09. The quantitative estimate of drug-likeness (QED) is 0.663. The van der Waals surface area contributed by atoms with E-state index in [0.717, 1.165) is 11.3 Å².